The maximum atomic E-state index is 12.7. The molecule has 29 heavy (non-hydrogen) atoms. The third-order valence-corrected chi connectivity index (χ3v) is 5.22. The van der Waals surface area contributed by atoms with Crippen LogP contribution in [0.25, 0.3) is 5.95 Å². The maximum Gasteiger partial charge on any atom is 0.271 e. The van der Waals surface area contributed by atoms with Gasteiger partial charge in [0.1, 0.15) is 11.5 Å². The Kier molecular flexibility index (Phi) is 5.97. The Morgan fingerprint density at radius 1 is 1.21 bits per heavy atom. The molecule has 0 aliphatic carbocycles. The molecule has 10 nitrogen and oxygen atoms in total. The van der Waals surface area contributed by atoms with Crippen LogP contribution in [0.4, 0.5) is 5.69 Å². The Morgan fingerprint density at radius 2 is 1.97 bits per heavy atom. The number of methoxy groups -OCH3 is 2. The van der Waals surface area contributed by atoms with Crippen LogP contribution in [-0.2, 0) is 4.79 Å². The summed E-state index contributed by atoms with van der Waals surface area (Å²) in [5.41, 5.74) is 2.25. The van der Waals surface area contributed by atoms with Crippen molar-refractivity contribution in [1.82, 2.24) is 24.7 Å². The smallest absolute Gasteiger partial charge is 0.271 e. The van der Waals surface area contributed by atoms with Gasteiger partial charge in [0.25, 0.3) is 5.95 Å². The number of ether oxygens (including phenoxy) is 2. The number of benzene rings is 1. The number of nitrogens with one attached hydrogen (secondary N) is 1. The summed E-state index contributed by atoms with van der Waals surface area (Å²) in [5, 5.41) is 15.3. The molecule has 2 aromatic heterocycles. The number of hydrogen-bond donors (Lipinski definition) is 2. The first kappa shape index (κ1) is 20.5. The van der Waals surface area contributed by atoms with E-state index >= 15 is 0 Å². The highest BCUT2D eigenvalue weighted by atomic mass is 32.2. The van der Waals surface area contributed by atoms with Gasteiger partial charge in [-0.3, -0.25) is 4.79 Å². The molecule has 0 aliphatic heterocycles. The lowest BCUT2D eigenvalue weighted by atomic mass is 10.2. The summed E-state index contributed by atoms with van der Waals surface area (Å²) in [4.78, 5) is 12.7. The van der Waals surface area contributed by atoms with Crippen molar-refractivity contribution in [1.29, 1.82) is 0 Å². The standard InChI is InChI=1S/C18H23N7O3S/c1-10-8-11(2)25(23-10)17-21-22-18(24(17)19)29-12(3)16(26)20-14-9-13(27-4)6-7-15(14)28-5/h6-9,12H,19H2,1-5H3,(H,20,26). The van der Waals surface area contributed by atoms with Crippen LogP contribution in [0.15, 0.2) is 29.4 Å². The van der Waals surface area contributed by atoms with E-state index in [1.807, 2.05) is 19.9 Å². The molecule has 0 saturated carbocycles. The van der Waals surface area contributed by atoms with Gasteiger partial charge in [0.05, 0.1) is 30.9 Å². The normalized spacial score (nSPS) is 11.9. The molecule has 3 N–H and O–H groups in total. The van der Waals surface area contributed by atoms with Crippen LogP contribution in [0.1, 0.15) is 18.3 Å². The molecule has 1 aromatic carbocycles. The predicted octanol–water partition coefficient (Wildman–Crippen LogP) is 1.93. The molecule has 0 bridgehead atoms. The second kappa shape index (κ2) is 8.43. The summed E-state index contributed by atoms with van der Waals surface area (Å²) in [6.45, 7) is 5.54. The molecule has 1 amide bonds. The Balaban J connectivity index is 1.75. The first-order valence-corrected chi connectivity index (χ1v) is 9.65. The minimum absolute atomic E-state index is 0.239. The van der Waals surface area contributed by atoms with Gasteiger partial charge < -0.3 is 20.6 Å². The van der Waals surface area contributed by atoms with E-state index in [4.69, 9.17) is 15.3 Å². The first-order chi connectivity index (χ1) is 13.8. The summed E-state index contributed by atoms with van der Waals surface area (Å²) in [6.07, 6.45) is 0. The van der Waals surface area contributed by atoms with Crippen molar-refractivity contribution >= 4 is 23.4 Å². The average Bonchev–Trinajstić information content (AvgIpc) is 3.22. The lowest BCUT2D eigenvalue weighted by Crippen LogP contribution is -2.24. The van der Waals surface area contributed by atoms with Gasteiger partial charge in [-0.05, 0) is 39.0 Å². The van der Waals surface area contributed by atoms with Crippen LogP contribution >= 0.6 is 11.8 Å². The molecular formula is C18H23N7O3S. The van der Waals surface area contributed by atoms with Gasteiger partial charge in [-0.1, -0.05) is 11.8 Å². The number of nitrogens with two attached hydrogens (primary N) is 1. The van der Waals surface area contributed by atoms with E-state index in [0.29, 0.717) is 28.3 Å². The monoisotopic (exact) mass is 417 g/mol. The highest BCUT2D eigenvalue weighted by Gasteiger charge is 2.22. The lowest BCUT2D eigenvalue weighted by Gasteiger charge is -2.14. The number of carbonyl (C=O) groups excluding carboxylic acids is 1. The molecule has 0 radical (unpaired) electrons. The number of aromatic nitrogens is 5. The minimum atomic E-state index is -0.495. The Labute approximate surface area is 172 Å². The van der Waals surface area contributed by atoms with Crippen molar-refractivity contribution in [3.05, 3.63) is 35.7 Å². The molecule has 154 valence electrons. The second-order valence-corrected chi connectivity index (χ2v) is 7.61. The second-order valence-electron chi connectivity index (χ2n) is 6.31. The zero-order valence-electron chi connectivity index (χ0n) is 16.8. The fourth-order valence-electron chi connectivity index (χ4n) is 2.68. The number of aryl methyl sites for hydroxylation is 2. The van der Waals surface area contributed by atoms with Crippen molar-refractivity contribution < 1.29 is 14.3 Å². The molecule has 0 aliphatic rings. The van der Waals surface area contributed by atoms with Gasteiger partial charge in [0.2, 0.25) is 11.1 Å². The van der Waals surface area contributed by atoms with Gasteiger partial charge >= 0.3 is 0 Å². The molecule has 0 spiro atoms. The van der Waals surface area contributed by atoms with E-state index in [0.717, 1.165) is 11.4 Å². The molecule has 3 rings (SSSR count). The summed E-state index contributed by atoms with van der Waals surface area (Å²) in [7, 11) is 3.09. The SMILES string of the molecule is COc1ccc(OC)c(NC(=O)C(C)Sc2nnc(-n3nc(C)cc3C)n2N)c1. The van der Waals surface area contributed by atoms with Crippen molar-refractivity contribution in [3.63, 3.8) is 0 Å². The quantitative estimate of drug-likeness (QED) is 0.442. The van der Waals surface area contributed by atoms with E-state index in [-0.39, 0.29) is 5.91 Å². The van der Waals surface area contributed by atoms with Crippen molar-refractivity contribution in [2.24, 2.45) is 0 Å². The minimum Gasteiger partial charge on any atom is -0.497 e. The van der Waals surface area contributed by atoms with Crippen molar-refractivity contribution in [3.8, 4) is 17.4 Å². The summed E-state index contributed by atoms with van der Waals surface area (Å²) >= 11 is 1.19. The molecule has 0 fully saturated rings. The van der Waals surface area contributed by atoms with Gasteiger partial charge in [0.15, 0.2) is 0 Å². The molecular weight excluding hydrogens is 394 g/mol. The van der Waals surface area contributed by atoms with Gasteiger partial charge in [-0.2, -0.15) is 5.10 Å². The highest BCUT2D eigenvalue weighted by Crippen LogP contribution is 2.30. The predicted molar refractivity (Wildman–Crippen MR) is 110 cm³/mol. The molecule has 0 saturated heterocycles. The van der Waals surface area contributed by atoms with E-state index in [1.54, 1.807) is 36.9 Å². The maximum absolute atomic E-state index is 12.7. The van der Waals surface area contributed by atoms with E-state index in [9.17, 15) is 4.79 Å². The Hall–Kier alpha value is -3.21. The van der Waals surface area contributed by atoms with E-state index in [1.165, 1.54) is 23.5 Å². The number of carbonyl (C=O) groups is 1. The number of rotatable bonds is 7. The van der Waals surface area contributed by atoms with Crippen LogP contribution in [0.3, 0.4) is 0 Å². The van der Waals surface area contributed by atoms with Crippen molar-refractivity contribution in [2.75, 3.05) is 25.4 Å². The Bertz CT molecular complexity index is 1030. The lowest BCUT2D eigenvalue weighted by molar-refractivity contribution is -0.115. The Morgan fingerprint density at radius 3 is 2.59 bits per heavy atom. The van der Waals surface area contributed by atoms with E-state index < -0.39 is 5.25 Å². The molecule has 2 heterocycles. The van der Waals surface area contributed by atoms with Crippen LogP contribution in [0.2, 0.25) is 0 Å². The molecule has 3 aromatic rings. The number of amides is 1. The zero-order valence-corrected chi connectivity index (χ0v) is 17.6. The fraction of sp³-hybridized carbons (Fsp3) is 0.333. The third kappa shape index (κ3) is 4.29. The van der Waals surface area contributed by atoms with Crippen LogP contribution < -0.4 is 20.6 Å². The molecule has 11 heteroatoms. The topological polar surface area (TPSA) is 122 Å². The molecule has 1 unspecified atom stereocenters. The third-order valence-electron chi connectivity index (χ3n) is 4.16. The number of thioether (sulfide) groups is 1. The number of nitrogens with zero attached hydrogens (tertiary/aromatic N) is 5. The number of anilines is 1. The van der Waals surface area contributed by atoms with E-state index in [2.05, 4.69) is 20.6 Å². The summed E-state index contributed by atoms with van der Waals surface area (Å²) in [6, 6.07) is 7.09. The van der Waals surface area contributed by atoms with Crippen LogP contribution in [0, 0.1) is 13.8 Å². The van der Waals surface area contributed by atoms with Gasteiger partial charge in [-0.15, -0.1) is 10.2 Å². The molecule has 1 atom stereocenters. The summed E-state index contributed by atoms with van der Waals surface area (Å²) < 4.78 is 13.4. The largest absolute Gasteiger partial charge is 0.497 e. The van der Waals surface area contributed by atoms with Crippen LogP contribution in [-0.4, -0.2) is 50.0 Å². The van der Waals surface area contributed by atoms with Gasteiger partial charge in [-0.25, -0.2) is 9.36 Å². The van der Waals surface area contributed by atoms with Crippen molar-refractivity contribution in [2.45, 2.75) is 31.2 Å². The number of hydrogen-bond acceptors (Lipinski definition) is 8. The first-order valence-electron chi connectivity index (χ1n) is 8.77. The average molecular weight is 417 g/mol. The number of nitrogen functional groups attached to an aromatic ring is 1. The zero-order chi connectivity index (χ0) is 21.1. The van der Waals surface area contributed by atoms with Crippen LogP contribution in [0.5, 0.6) is 11.5 Å². The summed E-state index contributed by atoms with van der Waals surface area (Å²) in [5.74, 6) is 7.42. The fourth-order valence-corrected chi connectivity index (χ4v) is 3.45. The highest BCUT2D eigenvalue weighted by molar-refractivity contribution is 8.00. The van der Waals surface area contributed by atoms with Gasteiger partial charge in [0, 0.05) is 11.8 Å².